The average molecular weight is 264 g/mol. The van der Waals surface area contributed by atoms with Crippen LogP contribution in [-0.2, 0) is 0 Å². The molecule has 108 valence electrons. The number of likely N-dealkylation sites (tertiary alicyclic amines) is 1. The Bertz CT molecular complexity index is 399. The largest absolute Gasteiger partial charge is 0.331 e. The lowest BCUT2D eigenvalue weighted by Crippen LogP contribution is -2.47. The zero-order valence-corrected chi connectivity index (χ0v) is 12.7. The van der Waals surface area contributed by atoms with Crippen molar-refractivity contribution in [3.63, 3.8) is 0 Å². The first-order valence-electron chi connectivity index (χ1n) is 7.53. The van der Waals surface area contributed by atoms with E-state index in [4.69, 9.17) is 5.73 Å². The predicted octanol–water partition coefficient (Wildman–Crippen LogP) is 2.58. The first-order valence-corrected chi connectivity index (χ1v) is 7.53. The van der Waals surface area contributed by atoms with Crippen LogP contribution >= 0.6 is 0 Å². The van der Waals surface area contributed by atoms with Crippen molar-refractivity contribution in [3.8, 4) is 0 Å². The van der Waals surface area contributed by atoms with Crippen LogP contribution in [0.1, 0.15) is 58.3 Å². The summed E-state index contributed by atoms with van der Waals surface area (Å²) >= 11 is 0. The van der Waals surface area contributed by atoms with E-state index in [-0.39, 0.29) is 0 Å². The van der Waals surface area contributed by atoms with Crippen LogP contribution in [0, 0.1) is 5.92 Å². The van der Waals surface area contributed by atoms with Gasteiger partial charge in [-0.3, -0.25) is 4.90 Å². The molecule has 0 bridgehead atoms. The molecule has 19 heavy (non-hydrogen) atoms. The average Bonchev–Trinajstić information content (AvgIpc) is 2.85. The van der Waals surface area contributed by atoms with Crippen LogP contribution in [0.3, 0.4) is 0 Å². The molecule has 2 heterocycles. The van der Waals surface area contributed by atoms with E-state index < -0.39 is 0 Å². The molecule has 1 fully saturated rings. The van der Waals surface area contributed by atoms with Crippen LogP contribution in [0.2, 0.25) is 0 Å². The highest BCUT2D eigenvalue weighted by atomic mass is 15.2. The molecule has 0 aliphatic carbocycles. The molecule has 1 aromatic rings. The fourth-order valence-corrected chi connectivity index (χ4v) is 3.24. The maximum atomic E-state index is 6.09. The highest BCUT2D eigenvalue weighted by molar-refractivity contribution is 5.09. The minimum Gasteiger partial charge on any atom is -0.331 e. The van der Waals surface area contributed by atoms with Crippen LogP contribution in [0.4, 0.5) is 0 Å². The third kappa shape index (κ3) is 2.84. The molecule has 2 rings (SSSR count). The number of hydrogen-bond donors (Lipinski definition) is 1. The van der Waals surface area contributed by atoms with Gasteiger partial charge in [0, 0.05) is 24.8 Å². The standard InChI is InChI=1S/C15H28N4/c1-11(2)19-10-17-9-15(19)14(8-16)18-7-5-6-12(3)13(18)4/h9-14H,5-8,16H2,1-4H3. The molecule has 0 amide bonds. The molecule has 1 aromatic heterocycles. The summed E-state index contributed by atoms with van der Waals surface area (Å²) in [4.78, 5) is 6.91. The van der Waals surface area contributed by atoms with Gasteiger partial charge in [0.2, 0.25) is 0 Å². The zero-order valence-electron chi connectivity index (χ0n) is 12.7. The van der Waals surface area contributed by atoms with Crippen molar-refractivity contribution in [1.82, 2.24) is 14.5 Å². The first-order chi connectivity index (χ1) is 9.06. The highest BCUT2D eigenvalue weighted by Crippen LogP contribution is 2.31. The van der Waals surface area contributed by atoms with E-state index in [2.05, 4.69) is 42.1 Å². The lowest BCUT2D eigenvalue weighted by molar-refractivity contribution is 0.0671. The minimum absolute atomic E-state index is 0.294. The van der Waals surface area contributed by atoms with E-state index in [1.54, 1.807) is 0 Å². The molecule has 1 saturated heterocycles. The van der Waals surface area contributed by atoms with E-state index in [0.29, 0.717) is 24.7 Å². The number of hydrogen-bond acceptors (Lipinski definition) is 3. The first kappa shape index (κ1) is 14.5. The van der Waals surface area contributed by atoms with Gasteiger partial charge in [-0.05, 0) is 46.1 Å². The second-order valence-electron chi connectivity index (χ2n) is 6.17. The zero-order chi connectivity index (χ0) is 14.0. The molecule has 0 saturated carbocycles. The SMILES string of the molecule is CC1CCCN(C(CN)c2cncn2C(C)C)C1C. The van der Waals surface area contributed by atoms with Crippen LogP contribution in [0.5, 0.6) is 0 Å². The van der Waals surface area contributed by atoms with E-state index >= 15 is 0 Å². The number of imidazole rings is 1. The third-order valence-corrected chi connectivity index (χ3v) is 4.64. The quantitative estimate of drug-likeness (QED) is 0.909. The Hall–Kier alpha value is -0.870. The van der Waals surface area contributed by atoms with Gasteiger partial charge in [0.25, 0.3) is 0 Å². The number of piperidine rings is 1. The molecule has 0 aromatic carbocycles. The number of rotatable bonds is 4. The number of aromatic nitrogens is 2. The van der Waals surface area contributed by atoms with Gasteiger partial charge in [0.1, 0.15) is 0 Å². The number of nitrogens with zero attached hydrogens (tertiary/aromatic N) is 3. The molecule has 1 aliphatic rings. The summed E-state index contributed by atoms with van der Waals surface area (Å²) < 4.78 is 2.25. The third-order valence-electron chi connectivity index (χ3n) is 4.64. The molecule has 1 aliphatic heterocycles. The van der Waals surface area contributed by atoms with Gasteiger partial charge in [0.15, 0.2) is 0 Å². The summed E-state index contributed by atoms with van der Waals surface area (Å²) in [7, 11) is 0. The van der Waals surface area contributed by atoms with Crippen molar-refractivity contribution >= 4 is 0 Å². The van der Waals surface area contributed by atoms with Crippen molar-refractivity contribution in [2.45, 2.75) is 58.7 Å². The Labute approximate surface area is 117 Å². The second-order valence-corrected chi connectivity index (χ2v) is 6.17. The second kappa shape index (κ2) is 6.06. The van der Waals surface area contributed by atoms with Gasteiger partial charge >= 0.3 is 0 Å². The maximum absolute atomic E-state index is 6.09. The van der Waals surface area contributed by atoms with Crippen LogP contribution in [0.25, 0.3) is 0 Å². The molecular weight excluding hydrogens is 236 g/mol. The Balaban J connectivity index is 2.26. The summed E-state index contributed by atoms with van der Waals surface area (Å²) in [6.45, 7) is 10.9. The number of nitrogens with two attached hydrogens (primary N) is 1. The van der Waals surface area contributed by atoms with E-state index in [1.807, 2.05) is 12.5 Å². The van der Waals surface area contributed by atoms with E-state index in [9.17, 15) is 0 Å². The van der Waals surface area contributed by atoms with Gasteiger partial charge in [-0.15, -0.1) is 0 Å². The summed E-state index contributed by atoms with van der Waals surface area (Å²) in [5.41, 5.74) is 7.35. The van der Waals surface area contributed by atoms with Crippen molar-refractivity contribution < 1.29 is 0 Å². The summed E-state index contributed by atoms with van der Waals surface area (Å²) in [5.74, 6) is 0.748. The topological polar surface area (TPSA) is 47.1 Å². The monoisotopic (exact) mass is 264 g/mol. The summed E-state index contributed by atoms with van der Waals surface area (Å²) in [6, 6.07) is 1.32. The van der Waals surface area contributed by atoms with Gasteiger partial charge in [-0.1, -0.05) is 6.92 Å². The van der Waals surface area contributed by atoms with Crippen LogP contribution in [0.15, 0.2) is 12.5 Å². The smallest absolute Gasteiger partial charge is 0.0951 e. The van der Waals surface area contributed by atoms with Crippen molar-refractivity contribution in [2.24, 2.45) is 11.7 Å². The molecule has 2 N–H and O–H groups in total. The Morgan fingerprint density at radius 3 is 2.79 bits per heavy atom. The van der Waals surface area contributed by atoms with E-state index in [0.717, 1.165) is 12.5 Å². The van der Waals surface area contributed by atoms with Crippen molar-refractivity contribution in [2.75, 3.05) is 13.1 Å². The normalized spacial score (nSPS) is 26.8. The fourth-order valence-electron chi connectivity index (χ4n) is 3.24. The fraction of sp³-hybridized carbons (Fsp3) is 0.800. The summed E-state index contributed by atoms with van der Waals surface area (Å²) in [5, 5.41) is 0. The van der Waals surface area contributed by atoms with Crippen molar-refractivity contribution in [3.05, 3.63) is 18.2 Å². The molecule has 4 nitrogen and oxygen atoms in total. The minimum atomic E-state index is 0.294. The lowest BCUT2D eigenvalue weighted by Gasteiger charge is -2.42. The Morgan fingerprint density at radius 2 is 2.16 bits per heavy atom. The van der Waals surface area contributed by atoms with Gasteiger partial charge in [0.05, 0.1) is 18.1 Å². The van der Waals surface area contributed by atoms with Gasteiger partial charge in [-0.2, -0.15) is 0 Å². The molecular formula is C15H28N4. The van der Waals surface area contributed by atoms with Gasteiger partial charge in [-0.25, -0.2) is 4.98 Å². The maximum Gasteiger partial charge on any atom is 0.0951 e. The predicted molar refractivity (Wildman–Crippen MR) is 79.0 cm³/mol. The van der Waals surface area contributed by atoms with Gasteiger partial charge < -0.3 is 10.3 Å². The molecule has 0 radical (unpaired) electrons. The molecule has 4 heteroatoms. The van der Waals surface area contributed by atoms with Crippen LogP contribution in [-0.4, -0.2) is 33.6 Å². The van der Waals surface area contributed by atoms with Crippen molar-refractivity contribution in [1.29, 1.82) is 0 Å². The van der Waals surface area contributed by atoms with E-state index in [1.165, 1.54) is 18.5 Å². The molecule has 3 atom stereocenters. The van der Waals surface area contributed by atoms with Crippen LogP contribution < -0.4 is 5.73 Å². The molecule has 3 unspecified atom stereocenters. The Kier molecular flexibility index (Phi) is 4.63. The molecule has 0 spiro atoms. The Morgan fingerprint density at radius 1 is 1.42 bits per heavy atom. The summed E-state index contributed by atoms with van der Waals surface area (Å²) in [6.07, 6.45) is 6.53. The lowest BCUT2D eigenvalue weighted by atomic mass is 9.90. The highest BCUT2D eigenvalue weighted by Gasteiger charge is 2.32.